The maximum absolute atomic E-state index is 12.9. The van der Waals surface area contributed by atoms with E-state index in [4.69, 9.17) is 4.84 Å². The minimum Gasteiger partial charge on any atom is -0.390 e. The van der Waals surface area contributed by atoms with Gasteiger partial charge in [-0.2, -0.15) is 0 Å². The summed E-state index contributed by atoms with van der Waals surface area (Å²) in [6, 6.07) is 6.08. The second kappa shape index (κ2) is 8.75. The first-order valence-electron chi connectivity index (χ1n) is 9.89. The first-order valence-corrected chi connectivity index (χ1v) is 12.3. The zero-order valence-corrected chi connectivity index (χ0v) is 18.5. The molecule has 1 aliphatic heterocycles. The van der Waals surface area contributed by atoms with Crippen molar-refractivity contribution in [3.63, 3.8) is 0 Å². The number of oxime groups is 1. The highest BCUT2D eigenvalue weighted by molar-refractivity contribution is 7.92. The molecule has 2 fully saturated rings. The molecule has 2 heterocycles. The molecule has 2 aliphatic rings. The number of sulfone groups is 1. The summed E-state index contributed by atoms with van der Waals surface area (Å²) in [5, 5.41) is 8.59. The molecule has 1 aromatic carbocycles. The first-order chi connectivity index (χ1) is 14.8. The van der Waals surface area contributed by atoms with Gasteiger partial charge in [0.2, 0.25) is 5.91 Å². The number of hydrogen-bond acceptors (Lipinski definition) is 8. The molecule has 1 saturated carbocycles. The standard InChI is InChI=1S/C20H22N4O5S2/c1-13(25)24-10-8-15(12-24)29-23-18(19(26)22-20-21-9-11-30-20)14-2-4-16(5-3-14)31(27,28)17-6-7-17/h2-5,9,11,15,17H,6-8,10,12H2,1H3,(H,21,22,26)/t15-/m1/s1. The summed E-state index contributed by atoms with van der Waals surface area (Å²) >= 11 is 1.26. The summed E-state index contributed by atoms with van der Waals surface area (Å²) in [5.41, 5.74) is 0.428. The fourth-order valence-corrected chi connectivity index (χ4v) is 5.45. The average molecular weight is 463 g/mol. The topological polar surface area (TPSA) is 118 Å². The maximum atomic E-state index is 12.9. The molecule has 0 unspecified atom stereocenters. The molecule has 0 radical (unpaired) electrons. The highest BCUT2D eigenvalue weighted by atomic mass is 32.2. The van der Waals surface area contributed by atoms with Crippen molar-refractivity contribution in [2.45, 2.75) is 42.4 Å². The van der Waals surface area contributed by atoms with Gasteiger partial charge in [-0.3, -0.25) is 14.9 Å². The molecule has 0 bridgehead atoms. The highest BCUT2D eigenvalue weighted by Gasteiger charge is 2.37. The van der Waals surface area contributed by atoms with E-state index < -0.39 is 15.7 Å². The van der Waals surface area contributed by atoms with Crippen LogP contribution in [0.5, 0.6) is 0 Å². The number of amides is 2. The van der Waals surface area contributed by atoms with Crippen LogP contribution < -0.4 is 5.32 Å². The number of benzene rings is 1. The molecular formula is C20H22N4O5S2. The third-order valence-corrected chi connectivity index (χ3v) is 8.14. The van der Waals surface area contributed by atoms with E-state index in [2.05, 4.69) is 15.5 Å². The van der Waals surface area contributed by atoms with Gasteiger partial charge in [0.25, 0.3) is 5.91 Å². The molecule has 1 atom stereocenters. The number of carbonyl (C=O) groups is 2. The van der Waals surface area contributed by atoms with E-state index in [0.717, 1.165) is 0 Å². The van der Waals surface area contributed by atoms with Gasteiger partial charge in [0.05, 0.1) is 16.7 Å². The number of rotatable bonds is 7. The summed E-state index contributed by atoms with van der Waals surface area (Å²) < 4.78 is 24.9. The number of likely N-dealkylation sites (tertiary alicyclic amines) is 1. The average Bonchev–Trinajstić information content (AvgIpc) is 3.29. The van der Waals surface area contributed by atoms with Crippen molar-refractivity contribution in [2.24, 2.45) is 5.16 Å². The van der Waals surface area contributed by atoms with Crippen molar-refractivity contribution in [3.05, 3.63) is 41.4 Å². The summed E-state index contributed by atoms with van der Waals surface area (Å²) in [7, 11) is -3.33. The van der Waals surface area contributed by atoms with E-state index in [-0.39, 0.29) is 27.9 Å². The number of nitrogens with one attached hydrogen (secondary N) is 1. The van der Waals surface area contributed by atoms with Crippen LogP contribution in [0.15, 0.2) is 45.9 Å². The normalized spacial score (nSPS) is 19.3. The Balaban J connectivity index is 1.56. The van der Waals surface area contributed by atoms with Crippen molar-refractivity contribution in [3.8, 4) is 0 Å². The third-order valence-electron chi connectivity index (χ3n) is 5.17. The lowest BCUT2D eigenvalue weighted by molar-refractivity contribution is -0.128. The Morgan fingerprint density at radius 3 is 2.55 bits per heavy atom. The Kier molecular flexibility index (Phi) is 6.05. The van der Waals surface area contributed by atoms with E-state index in [1.165, 1.54) is 30.4 Å². The molecule has 1 saturated heterocycles. The van der Waals surface area contributed by atoms with Crippen molar-refractivity contribution in [1.82, 2.24) is 9.88 Å². The maximum Gasteiger partial charge on any atom is 0.280 e. The van der Waals surface area contributed by atoms with Crippen LogP contribution in [-0.4, -0.2) is 60.3 Å². The lowest BCUT2D eigenvalue weighted by atomic mass is 10.1. The van der Waals surface area contributed by atoms with Gasteiger partial charge in [-0.15, -0.1) is 11.3 Å². The van der Waals surface area contributed by atoms with Gasteiger partial charge < -0.3 is 9.74 Å². The van der Waals surface area contributed by atoms with Gasteiger partial charge in [-0.25, -0.2) is 13.4 Å². The molecule has 164 valence electrons. The van der Waals surface area contributed by atoms with Crippen molar-refractivity contribution in [2.75, 3.05) is 18.4 Å². The van der Waals surface area contributed by atoms with Gasteiger partial charge in [0.15, 0.2) is 20.7 Å². The number of nitrogens with zero attached hydrogens (tertiary/aromatic N) is 3. The highest BCUT2D eigenvalue weighted by Crippen LogP contribution is 2.33. The number of carbonyl (C=O) groups excluding carboxylic acids is 2. The summed E-state index contributed by atoms with van der Waals surface area (Å²) in [6.45, 7) is 2.47. The first kappa shape index (κ1) is 21.4. The summed E-state index contributed by atoms with van der Waals surface area (Å²) in [6.07, 6.45) is 3.23. The number of thiazole rings is 1. The molecular weight excluding hydrogens is 440 g/mol. The molecule has 31 heavy (non-hydrogen) atoms. The lowest BCUT2D eigenvalue weighted by Crippen LogP contribution is -2.28. The zero-order chi connectivity index (χ0) is 22.0. The van der Waals surface area contributed by atoms with Crippen molar-refractivity contribution < 1.29 is 22.8 Å². The second-order valence-corrected chi connectivity index (χ2v) is 10.6. The predicted octanol–water partition coefficient (Wildman–Crippen LogP) is 2.06. The molecule has 0 spiro atoms. The Hall–Kier alpha value is -2.79. The Morgan fingerprint density at radius 1 is 1.23 bits per heavy atom. The Labute approximate surface area is 184 Å². The van der Waals surface area contributed by atoms with Crippen LogP contribution in [0.4, 0.5) is 5.13 Å². The molecule has 4 rings (SSSR count). The van der Waals surface area contributed by atoms with Gasteiger partial charge >= 0.3 is 0 Å². The number of hydrogen-bond donors (Lipinski definition) is 1. The SMILES string of the molecule is CC(=O)N1CC[C@@H](ON=C(C(=O)Nc2nccs2)c2ccc(S(=O)(=O)C3CC3)cc2)C1. The number of aromatic nitrogens is 1. The lowest BCUT2D eigenvalue weighted by Gasteiger charge is -2.13. The fourth-order valence-electron chi connectivity index (χ4n) is 3.27. The van der Waals surface area contributed by atoms with E-state index in [1.807, 2.05) is 0 Å². The molecule has 11 heteroatoms. The largest absolute Gasteiger partial charge is 0.390 e. The monoisotopic (exact) mass is 462 g/mol. The van der Waals surface area contributed by atoms with Crippen LogP contribution >= 0.6 is 11.3 Å². The van der Waals surface area contributed by atoms with E-state index in [1.54, 1.807) is 28.6 Å². The minimum absolute atomic E-state index is 0.00634. The van der Waals surface area contributed by atoms with Gasteiger partial charge in [-0.1, -0.05) is 17.3 Å². The van der Waals surface area contributed by atoms with E-state index in [9.17, 15) is 18.0 Å². The molecule has 1 aromatic heterocycles. The van der Waals surface area contributed by atoms with Crippen molar-refractivity contribution >= 4 is 43.8 Å². The molecule has 9 nitrogen and oxygen atoms in total. The zero-order valence-electron chi connectivity index (χ0n) is 16.9. The number of anilines is 1. The van der Waals surface area contributed by atoms with Crippen LogP contribution in [0.1, 0.15) is 31.7 Å². The summed E-state index contributed by atoms with van der Waals surface area (Å²) in [4.78, 5) is 35.9. The molecule has 2 amide bonds. The predicted molar refractivity (Wildman–Crippen MR) is 116 cm³/mol. The van der Waals surface area contributed by atoms with Crippen LogP contribution in [0.25, 0.3) is 0 Å². The van der Waals surface area contributed by atoms with E-state index in [0.29, 0.717) is 43.0 Å². The van der Waals surface area contributed by atoms with E-state index >= 15 is 0 Å². The second-order valence-electron chi connectivity index (χ2n) is 7.48. The van der Waals surface area contributed by atoms with Gasteiger partial charge in [-0.05, 0) is 25.0 Å². The molecule has 2 aromatic rings. The van der Waals surface area contributed by atoms with Crippen LogP contribution in [0.2, 0.25) is 0 Å². The molecule has 1 aliphatic carbocycles. The summed E-state index contributed by atoms with van der Waals surface area (Å²) in [5.74, 6) is -0.557. The molecule has 1 N–H and O–H groups in total. The minimum atomic E-state index is -3.33. The van der Waals surface area contributed by atoms with Crippen LogP contribution in [0, 0.1) is 0 Å². The smallest absolute Gasteiger partial charge is 0.280 e. The van der Waals surface area contributed by atoms with Gasteiger partial charge in [0.1, 0.15) is 6.10 Å². The van der Waals surface area contributed by atoms with Gasteiger partial charge in [0, 0.05) is 37.0 Å². The van der Waals surface area contributed by atoms with Crippen LogP contribution in [0.3, 0.4) is 0 Å². The van der Waals surface area contributed by atoms with Crippen LogP contribution in [-0.2, 0) is 24.3 Å². The quantitative estimate of drug-likeness (QED) is 0.497. The Morgan fingerprint density at radius 2 is 1.97 bits per heavy atom. The third kappa shape index (κ3) is 4.93. The van der Waals surface area contributed by atoms with Crippen molar-refractivity contribution in [1.29, 1.82) is 0 Å². The Bertz CT molecular complexity index is 1090. The fraction of sp³-hybridized carbons (Fsp3) is 0.400.